The third-order valence-electron chi connectivity index (χ3n) is 4.68. The molecule has 1 spiro atoms. The van der Waals surface area contributed by atoms with Gasteiger partial charge < -0.3 is 10.1 Å². The number of halogens is 2. The number of carbonyl (C=O) groups is 1. The van der Waals surface area contributed by atoms with E-state index in [1.165, 1.54) is 23.5 Å². The molecule has 0 aliphatic carbocycles. The van der Waals surface area contributed by atoms with Gasteiger partial charge in [-0.1, -0.05) is 23.2 Å². The summed E-state index contributed by atoms with van der Waals surface area (Å²) in [4.78, 5) is 12.4. The number of methoxy groups -OCH3 is 1. The van der Waals surface area contributed by atoms with Crippen molar-refractivity contribution in [3.05, 3.63) is 22.2 Å². The van der Waals surface area contributed by atoms with Gasteiger partial charge in [0.25, 0.3) is 0 Å². The van der Waals surface area contributed by atoms with Gasteiger partial charge in [0, 0.05) is 19.2 Å². The number of carbonyl (C=O) groups excluding carboxylic acids is 1. The van der Waals surface area contributed by atoms with Gasteiger partial charge in [-0.3, -0.25) is 4.79 Å². The molecule has 1 aromatic rings. The molecule has 0 radical (unpaired) electrons. The molecule has 1 amide bonds. The molecule has 1 unspecified atom stereocenters. The molecule has 6 nitrogen and oxygen atoms in total. The normalized spacial score (nSPS) is 25.0. The summed E-state index contributed by atoms with van der Waals surface area (Å²) in [5.74, 6) is 0.0673. The van der Waals surface area contributed by atoms with Crippen LogP contribution in [0, 0.1) is 0 Å². The van der Waals surface area contributed by atoms with Crippen LogP contribution in [-0.4, -0.2) is 44.4 Å². The summed E-state index contributed by atoms with van der Waals surface area (Å²) in [6, 6.07) is 2.66. The average molecular weight is 393 g/mol. The second-order valence-electron chi connectivity index (χ2n) is 5.99. The van der Waals surface area contributed by atoms with E-state index in [0.29, 0.717) is 31.6 Å². The number of hydrogen-bond donors (Lipinski definition) is 1. The third kappa shape index (κ3) is 2.67. The lowest BCUT2D eigenvalue weighted by Gasteiger charge is -2.39. The van der Waals surface area contributed by atoms with Gasteiger partial charge in [0.2, 0.25) is 15.9 Å². The fraction of sp³-hybridized carbons (Fsp3) is 0.533. The number of nitrogens with zero attached hydrogens (tertiary/aromatic N) is 1. The number of rotatable bonds is 3. The zero-order chi connectivity index (χ0) is 17.5. The van der Waals surface area contributed by atoms with Gasteiger partial charge in [0.05, 0.1) is 17.2 Å². The lowest BCUT2D eigenvalue weighted by molar-refractivity contribution is -0.131. The van der Waals surface area contributed by atoms with Crippen LogP contribution in [0.3, 0.4) is 0 Å². The maximum Gasteiger partial charge on any atom is 0.245 e. The molecule has 2 fully saturated rings. The molecule has 2 heterocycles. The summed E-state index contributed by atoms with van der Waals surface area (Å²) in [6.07, 6.45) is 2.40. The fourth-order valence-corrected chi connectivity index (χ4v) is 6.18. The number of ether oxygens (including phenoxy) is 1. The van der Waals surface area contributed by atoms with Crippen LogP contribution in [0.25, 0.3) is 0 Å². The monoisotopic (exact) mass is 392 g/mol. The Morgan fingerprint density at radius 1 is 1.21 bits per heavy atom. The summed E-state index contributed by atoms with van der Waals surface area (Å²) in [5, 5.41) is 2.97. The first-order chi connectivity index (χ1) is 11.3. The lowest BCUT2D eigenvalue weighted by atomic mass is 9.88. The third-order valence-corrected chi connectivity index (χ3v) is 7.40. The fourth-order valence-electron chi connectivity index (χ4n) is 3.52. The highest BCUT2D eigenvalue weighted by Crippen LogP contribution is 2.42. The van der Waals surface area contributed by atoms with Crippen molar-refractivity contribution >= 4 is 39.1 Å². The highest BCUT2D eigenvalue weighted by atomic mass is 35.5. The number of sulfonamides is 1. The van der Waals surface area contributed by atoms with Gasteiger partial charge in [0.1, 0.15) is 16.2 Å². The van der Waals surface area contributed by atoms with Crippen LogP contribution in [0.5, 0.6) is 5.75 Å². The molecule has 1 aromatic carbocycles. The Balaban J connectivity index is 2.08. The minimum Gasteiger partial charge on any atom is -0.495 e. The first-order valence-electron chi connectivity index (χ1n) is 7.67. The minimum atomic E-state index is -3.96. The van der Waals surface area contributed by atoms with Crippen LogP contribution in [-0.2, 0) is 14.8 Å². The summed E-state index contributed by atoms with van der Waals surface area (Å²) in [5.41, 5.74) is -1.02. The van der Waals surface area contributed by atoms with Crippen molar-refractivity contribution in [2.75, 3.05) is 20.2 Å². The molecule has 9 heteroatoms. The van der Waals surface area contributed by atoms with Crippen molar-refractivity contribution in [2.24, 2.45) is 0 Å². The smallest absolute Gasteiger partial charge is 0.245 e. The van der Waals surface area contributed by atoms with Crippen LogP contribution in [0.4, 0.5) is 0 Å². The SMILES string of the molecule is COc1cc(Cl)c(S(=O)(=O)N2CCCC23CCCNC3=O)cc1Cl. The number of amides is 1. The second-order valence-corrected chi connectivity index (χ2v) is 8.63. The number of hydrogen-bond acceptors (Lipinski definition) is 4. The van der Waals surface area contributed by atoms with E-state index in [4.69, 9.17) is 27.9 Å². The molecule has 132 valence electrons. The zero-order valence-corrected chi connectivity index (χ0v) is 15.5. The lowest BCUT2D eigenvalue weighted by Crippen LogP contribution is -2.60. The van der Waals surface area contributed by atoms with Crippen molar-refractivity contribution in [3.63, 3.8) is 0 Å². The van der Waals surface area contributed by atoms with Crippen molar-refractivity contribution in [1.82, 2.24) is 9.62 Å². The summed E-state index contributed by atoms with van der Waals surface area (Å²) in [6.45, 7) is 0.860. The average Bonchev–Trinajstić information content (AvgIpc) is 2.97. The summed E-state index contributed by atoms with van der Waals surface area (Å²) >= 11 is 12.2. The van der Waals surface area contributed by atoms with Gasteiger partial charge in [0.15, 0.2) is 0 Å². The Morgan fingerprint density at radius 3 is 2.58 bits per heavy atom. The Morgan fingerprint density at radius 2 is 1.92 bits per heavy atom. The van der Waals surface area contributed by atoms with E-state index in [1.807, 2.05) is 0 Å². The quantitative estimate of drug-likeness (QED) is 0.856. The molecule has 24 heavy (non-hydrogen) atoms. The molecule has 1 N–H and O–H groups in total. The van der Waals surface area contributed by atoms with Crippen molar-refractivity contribution in [1.29, 1.82) is 0 Å². The first kappa shape index (κ1) is 17.8. The topological polar surface area (TPSA) is 75.7 Å². The standard InChI is InChI=1S/C15H18Cl2N2O4S/c1-23-12-8-11(17)13(9-10(12)16)24(21,22)19-7-3-5-15(19)4-2-6-18-14(15)20/h8-9H,2-7H2,1H3,(H,18,20). The second kappa shape index (κ2) is 6.37. The Hall–Kier alpha value is -1.02. The van der Waals surface area contributed by atoms with Crippen LogP contribution < -0.4 is 10.1 Å². The van der Waals surface area contributed by atoms with E-state index in [2.05, 4.69) is 5.32 Å². The number of benzene rings is 1. The predicted molar refractivity (Wildman–Crippen MR) is 91.1 cm³/mol. The van der Waals surface area contributed by atoms with Gasteiger partial charge in [-0.25, -0.2) is 8.42 Å². The summed E-state index contributed by atoms with van der Waals surface area (Å²) < 4.78 is 32.7. The largest absolute Gasteiger partial charge is 0.495 e. The maximum atomic E-state index is 13.2. The van der Waals surface area contributed by atoms with E-state index >= 15 is 0 Å². The van der Waals surface area contributed by atoms with E-state index in [9.17, 15) is 13.2 Å². The molecular formula is C15H18Cl2N2O4S. The zero-order valence-electron chi connectivity index (χ0n) is 13.1. The molecule has 0 aromatic heterocycles. The molecule has 2 saturated heterocycles. The van der Waals surface area contributed by atoms with E-state index in [-0.39, 0.29) is 27.4 Å². The molecule has 0 bridgehead atoms. The van der Waals surface area contributed by atoms with Crippen LogP contribution in [0.1, 0.15) is 25.7 Å². The summed E-state index contributed by atoms with van der Waals surface area (Å²) in [7, 11) is -2.53. The highest BCUT2D eigenvalue weighted by Gasteiger charge is 2.53. The molecule has 0 saturated carbocycles. The Labute approximate surface area is 151 Å². The predicted octanol–water partition coefficient (Wildman–Crippen LogP) is 2.44. The molecular weight excluding hydrogens is 375 g/mol. The van der Waals surface area contributed by atoms with E-state index < -0.39 is 15.6 Å². The molecule has 2 aliphatic heterocycles. The van der Waals surface area contributed by atoms with Crippen molar-refractivity contribution < 1.29 is 17.9 Å². The highest BCUT2D eigenvalue weighted by molar-refractivity contribution is 7.89. The van der Waals surface area contributed by atoms with Gasteiger partial charge in [-0.05, 0) is 31.7 Å². The van der Waals surface area contributed by atoms with Gasteiger partial charge >= 0.3 is 0 Å². The number of nitrogens with one attached hydrogen (secondary N) is 1. The Bertz CT molecular complexity index is 784. The van der Waals surface area contributed by atoms with Crippen molar-refractivity contribution in [3.8, 4) is 5.75 Å². The van der Waals surface area contributed by atoms with Gasteiger partial charge in [-0.15, -0.1) is 0 Å². The van der Waals surface area contributed by atoms with Crippen molar-refractivity contribution in [2.45, 2.75) is 36.1 Å². The minimum absolute atomic E-state index is 0.0227. The number of piperidine rings is 1. The van der Waals surface area contributed by atoms with Crippen LogP contribution >= 0.6 is 23.2 Å². The van der Waals surface area contributed by atoms with Gasteiger partial charge in [-0.2, -0.15) is 4.31 Å². The van der Waals surface area contributed by atoms with Crippen LogP contribution in [0.2, 0.25) is 10.0 Å². The first-order valence-corrected chi connectivity index (χ1v) is 9.87. The van der Waals surface area contributed by atoms with Crippen LogP contribution in [0.15, 0.2) is 17.0 Å². The molecule has 1 atom stereocenters. The van der Waals surface area contributed by atoms with E-state index in [0.717, 1.165) is 6.42 Å². The Kier molecular flexibility index (Phi) is 4.72. The molecule has 2 aliphatic rings. The maximum absolute atomic E-state index is 13.2. The van der Waals surface area contributed by atoms with E-state index in [1.54, 1.807) is 0 Å². The molecule has 3 rings (SSSR count).